The smallest absolute Gasteiger partial charge is 0.0345 e. The molecule has 1 N–H and O–H groups in total. The van der Waals surface area contributed by atoms with E-state index < -0.39 is 0 Å². The summed E-state index contributed by atoms with van der Waals surface area (Å²) in [7, 11) is 0. The van der Waals surface area contributed by atoms with E-state index in [0.717, 1.165) is 12.5 Å². The molecule has 1 aromatic carbocycles. The van der Waals surface area contributed by atoms with Gasteiger partial charge in [0.15, 0.2) is 0 Å². The van der Waals surface area contributed by atoms with Crippen molar-refractivity contribution in [3.05, 3.63) is 35.2 Å². The molecule has 0 aliphatic rings. The molecule has 0 radical (unpaired) electrons. The van der Waals surface area contributed by atoms with Crippen molar-refractivity contribution >= 4 is 21.4 Å². The molecular formula is C17H25NS. The summed E-state index contributed by atoms with van der Waals surface area (Å²) in [5, 5.41) is 7.30. The third-order valence-corrected chi connectivity index (χ3v) is 4.67. The van der Waals surface area contributed by atoms with Gasteiger partial charge in [-0.3, -0.25) is 0 Å². The van der Waals surface area contributed by atoms with E-state index >= 15 is 0 Å². The molecule has 1 nitrogen and oxygen atoms in total. The van der Waals surface area contributed by atoms with Crippen LogP contribution in [0.2, 0.25) is 0 Å². The average Bonchev–Trinajstić information content (AvgIpc) is 2.79. The molecule has 1 atom stereocenters. The Morgan fingerprint density at radius 2 is 1.89 bits per heavy atom. The van der Waals surface area contributed by atoms with E-state index in [1.807, 2.05) is 11.3 Å². The molecule has 0 fully saturated rings. The number of rotatable bonds is 7. The second-order valence-electron chi connectivity index (χ2n) is 5.80. The highest BCUT2D eigenvalue weighted by atomic mass is 32.1. The number of fused-ring (bicyclic) bond motifs is 1. The van der Waals surface area contributed by atoms with E-state index in [9.17, 15) is 0 Å². The molecule has 0 bridgehead atoms. The van der Waals surface area contributed by atoms with Crippen LogP contribution in [0.4, 0.5) is 0 Å². The second kappa shape index (κ2) is 7.06. The quantitative estimate of drug-likeness (QED) is 0.761. The first kappa shape index (κ1) is 14.5. The van der Waals surface area contributed by atoms with Crippen LogP contribution in [0.15, 0.2) is 29.6 Å². The van der Waals surface area contributed by atoms with Crippen molar-refractivity contribution in [2.24, 2.45) is 5.92 Å². The Morgan fingerprint density at radius 3 is 2.68 bits per heavy atom. The standard InChI is InChI=1S/C17H25NS/c1-13(2)18-11-10-14(3)8-9-15-12-19-17-7-5-4-6-16(15)17/h4-7,12-14,18H,8-11H2,1-3H3. The molecule has 0 saturated heterocycles. The number of benzene rings is 1. The molecule has 1 heterocycles. The Morgan fingerprint density at radius 1 is 1.11 bits per heavy atom. The molecular weight excluding hydrogens is 250 g/mol. The van der Waals surface area contributed by atoms with Crippen molar-refractivity contribution in [3.8, 4) is 0 Å². The zero-order valence-electron chi connectivity index (χ0n) is 12.3. The van der Waals surface area contributed by atoms with Crippen LogP contribution in [-0.4, -0.2) is 12.6 Å². The number of nitrogens with one attached hydrogen (secondary N) is 1. The molecule has 2 heteroatoms. The highest BCUT2D eigenvalue weighted by Crippen LogP contribution is 2.27. The Hall–Kier alpha value is -0.860. The summed E-state index contributed by atoms with van der Waals surface area (Å²) in [6, 6.07) is 9.36. The Bertz CT molecular complexity index is 501. The van der Waals surface area contributed by atoms with Gasteiger partial charge in [-0.15, -0.1) is 11.3 Å². The van der Waals surface area contributed by atoms with Gasteiger partial charge in [-0.1, -0.05) is 39.0 Å². The van der Waals surface area contributed by atoms with Crippen molar-refractivity contribution in [1.29, 1.82) is 0 Å². The third-order valence-electron chi connectivity index (χ3n) is 3.66. The van der Waals surface area contributed by atoms with Gasteiger partial charge in [0.1, 0.15) is 0 Å². The van der Waals surface area contributed by atoms with Crippen molar-refractivity contribution in [3.63, 3.8) is 0 Å². The molecule has 0 saturated carbocycles. The first-order chi connectivity index (χ1) is 9.16. The van der Waals surface area contributed by atoms with Crippen LogP contribution in [0.3, 0.4) is 0 Å². The van der Waals surface area contributed by atoms with Gasteiger partial charge >= 0.3 is 0 Å². The van der Waals surface area contributed by atoms with Gasteiger partial charge in [-0.25, -0.2) is 0 Å². The minimum Gasteiger partial charge on any atom is -0.315 e. The Balaban J connectivity index is 1.81. The maximum absolute atomic E-state index is 3.50. The van der Waals surface area contributed by atoms with E-state index in [1.165, 1.54) is 34.9 Å². The van der Waals surface area contributed by atoms with E-state index in [0.29, 0.717) is 6.04 Å². The zero-order valence-corrected chi connectivity index (χ0v) is 13.1. The molecule has 1 aromatic heterocycles. The van der Waals surface area contributed by atoms with Crippen LogP contribution in [0.25, 0.3) is 10.1 Å². The molecule has 0 amide bonds. The van der Waals surface area contributed by atoms with E-state index in [4.69, 9.17) is 0 Å². The fraction of sp³-hybridized carbons (Fsp3) is 0.529. The molecule has 19 heavy (non-hydrogen) atoms. The largest absolute Gasteiger partial charge is 0.315 e. The van der Waals surface area contributed by atoms with Crippen molar-refractivity contribution < 1.29 is 0 Å². The van der Waals surface area contributed by atoms with Gasteiger partial charge in [0, 0.05) is 10.7 Å². The lowest BCUT2D eigenvalue weighted by Gasteiger charge is -2.13. The van der Waals surface area contributed by atoms with E-state index in [-0.39, 0.29) is 0 Å². The third kappa shape index (κ3) is 4.32. The van der Waals surface area contributed by atoms with E-state index in [1.54, 1.807) is 0 Å². The van der Waals surface area contributed by atoms with Crippen LogP contribution in [-0.2, 0) is 6.42 Å². The van der Waals surface area contributed by atoms with E-state index in [2.05, 4.69) is 55.7 Å². The lowest BCUT2D eigenvalue weighted by atomic mass is 9.98. The summed E-state index contributed by atoms with van der Waals surface area (Å²) in [6.07, 6.45) is 3.79. The molecule has 1 unspecified atom stereocenters. The minimum atomic E-state index is 0.605. The molecule has 104 valence electrons. The van der Waals surface area contributed by atoms with Gasteiger partial charge in [-0.05, 0) is 54.1 Å². The van der Waals surface area contributed by atoms with Crippen molar-refractivity contribution in [2.45, 2.75) is 46.1 Å². The predicted octanol–water partition coefficient (Wildman–Crippen LogP) is 4.86. The number of hydrogen-bond donors (Lipinski definition) is 1. The first-order valence-corrected chi connectivity index (χ1v) is 8.23. The van der Waals surface area contributed by atoms with Crippen LogP contribution >= 0.6 is 11.3 Å². The fourth-order valence-corrected chi connectivity index (χ4v) is 3.39. The van der Waals surface area contributed by atoms with Gasteiger partial charge in [0.05, 0.1) is 0 Å². The van der Waals surface area contributed by atoms with Crippen LogP contribution in [0.1, 0.15) is 39.2 Å². The fourth-order valence-electron chi connectivity index (χ4n) is 2.39. The molecule has 0 aliphatic heterocycles. The first-order valence-electron chi connectivity index (χ1n) is 7.35. The second-order valence-corrected chi connectivity index (χ2v) is 6.71. The predicted molar refractivity (Wildman–Crippen MR) is 87.1 cm³/mol. The number of aryl methyl sites for hydroxylation is 1. The molecule has 0 spiro atoms. The molecule has 2 aromatic rings. The maximum Gasteiger partial charge on any atom is 0.0345 e. The summed E-state index contributed by atoms with van der Waals surface area (Å²) in [6.45, 7) is 7.93. The highest BCUT2D eigenvalue weighted by Gasteiger charge is 2.07. The highest BCUT2D eigenvalue weighted by molar-refractivity contribution is 7.17. The van der Waals surface area contributed by atoms with Gasteiger partial charge in [-0.2, -0.15) is 0 Å². The monoisotopic (exact) mass is 275 g/mol. The van der Waals surface area contributed by atoms with Crippen molar-refractivity contribution in [2.75, 3.05) is 6.54 Å². The summed E-state index contributed by atoms with van der Waals surface area (Å²) < 4.78 is 1.42. The minimum absolute atomic E-state index is 0.605. The summed E-state index contributed by atoms with van der Waals surface area (Å²) in [5.74, 6) is 0.796. The number of thiophene rings is 1. The topological polar surface area (TPSA) is 12.0 Å². The number of hydrogen-bond acceptors (Lipinski definition) is 2. The van der Waals surface area contributed by atoms with Gasteiger partial charge in [0.2, 0.25) is 0 Å². The molecule has 0 aliphatic carbocycles. The zero-order chi connectivity index (χ0) is 13.7. The summed E-state index contributed by atoms with van der Waals surface area (Å²) in [5.41, 5.74) is 1.53. The summed E-state index contributed by atoms with van der Waals surface area (Å²) in [4.78, 5) is 0. The van der Waals surface area contributed by atoms with Crippen LogP contribution in [0.5, 0.6) is 0 Å². The van der Waals surface area contributed by atoms with Gasteiger partial charge < -0.3 is 5.32 Å². The SMILES string of the molecule is CC(CCNC(C)C)CCc1csc2ccccc12. The lowest BCUT2D eigenvalue weighted by molar-refractivity contribution is 0.454. The average molecular weight is 275 g/mol. The molecule has 2 rings (SSSR count). The maximum atomic E-state index is 3.50. The van der Waals surface area contributed by atoms with Crippen LogP contribution in [0, 0.1) is 5.92 Å². The lowest BCUT2D eigenvalue weighted by Crippen LogP contribution is -2.24. The summed E-state index contributed by atoms with van der Waals surface area (Å²) >= 11 is 1.88. The van der Waals surface area contributed by atoms with Crippen molar-refractivity contribution in [1.82, 2.24) is 5.32 Å². The van der Waals surface area contributed by atoms with Crippen LogP contribution < -0.4 is 5.32 Å². The Labute approximate surface area is 121 Å². The van der Waals surface area contributed by atoms with Gasteiger partial charge in [0.25, 0.3) is 0 Å². The Kier molecular flexibility index (Phi) is 5.41. The normalized spacial score (nSPS) is 13.3.